The molecule has 3 rings (SSSR count). The van der Waals surface area contributed by atoms with Gasteiger partial charge in [0, 0.05) is 37.4 Å². The van der Waals surface area contributed by atoms with Gasteiger partial charge in [0.05, 0.1) is 24.6 Å². The van der Waals surface area contributed by atoms with Gasteiger partial charge in [-0.3, -0.25) is 14.5 Å². The van der Waals surface area contributed by atoms with Crippen LogP contribution in [0.15, 0.2) is 41.6 Å². The molecule has 1 aliphatic rings. The molecule has 2 aromatic rings. The van der Waals surface area contributed by atoms with Crippen LogP contribution < -0.4 is 9.46 Å². The summed E-state index contributed by atoms with van der Waals surface area (Å²) in [5.41, 5.74) is 0.504. The summed E-state index contributed by atoms with van der Waals surface area (Å²) in [7, 11) is -0.607. The average Bonchev–Trinajstić information content (AvgIpc) is 2.68. The summed E-state index contributed by atoms with van der Waals surface area (Å²) in [4.78, 5) is 20.5. The minimum atomic E-state index is -3.98. The number of halogens is 1. The number of hydrogen-bond donors (Lipinski definition) is 1. The summed E-state index contributed by atoms with van der Waals surface area (Å²) in [5, 5.41) is 0.262. The van der Waals surface area contributed by atoms with E-state index in [4.69, 9.17) is 16.3 Å². The number of amides is 1. The maximum atomic E-state index is 12.8. The Hall–Kier alpha value is -2.36. The van der Waals surface area contributed by atoms with E-state index in [9.17, 15) is 13.2 Å². The molecule has 1 aromatic carbocycles. The molecule has 28 heavy (non-hydrogen) atoms. The normalized spacial score (nSPS) is 15.3. The Morgan fingerprint density at radius 2 is 1.89 bits per heavy atom. The van der Waals surface area contributed by atoms with Crippen molar-refractivity contribution in [1.29, 1.82) is 0 Å². The van der Waals surface area contributed by atoms with E-state index >= 15 is 0 Å². The molecule has 0 saturated carbocycles. The zero-order valence-electron chi connectivity index (χ0n) is 15.6. The van der Waals surface area contributed by atoms with Gasteiger partial charge in [-0.05, 0) is 31.3 Å². The van der Waals surface area contributed by atoms with Gasteiger partial charge in [-0.25, -0.2) is 8.42 Å². The number of hydrogen-bond acceptors (Lipinski definition) is 6. The number of carbonyl (C=O) groups is 1. The molecule has 0 bridgehead atoms. The average molecular weight is 425 g/mol. The van der Waals surface area contributed by atoms with Crippen molar-refractivity contribution in [3.8, 4) is 5.75 Å². The Kier molecular flexibility index (Phi) is 6.07. The molecule has 1 aromatic heterocycles. The lowest BCUT2D eigenvalue weighted by molar-refractivity contribution is 0.0663. The number of anilines is 1. The molecule has 2 heterocycles. The highest BCUT2D eigenvalue weighted by Gasteiger charge is 2.23. The zero-order valence-corrected chi connectivity index (χ0v) is 17.1. The van der Waals surface area contributed by atoms with E-state index in [2.05, 4.69) is 14.6 Å². The van der Waals surface area contributed by atoms with E-state index in [-0.39, 0.29) is 27.3 Å². The van der Waals surface area contributed by atoms with Gasteiger partial charge >= 0.3 is 0 Å². The summed E-state index contributed by atoms with van der Waals surface area (Å²) in [6.07, 6.45) is 2.77. The monoisotopic (exact) mass is 424 g/mol. The first-order chi connectivity index (χ1) is 13.3. The number of carbonyl (C=O) groups excluding carboxylic acids is 1. The summed E-state index contributed by atoms with van der Waals surface area (Å²) in [6, 6.07) is 5.79. The fourth-order valence-corrected chi connectivity index (χ4v) is 4.34. The molecule has 0 unspecified atom stereocenters. The third-order valence-corrected chi connectivity index (χ3v) is 6.08. The number of rotatable bonds is 5. The van der Waals surface area contributed by atoms with E-state index in [0.717, 1.165) is 13.1 Å². The quantitative estimate of drug-likeness (QED) is 0.788. The first kappa shape index (κ1) is 20.4. The first-order valence-corrected chi connectivity index (χ1v) is 10.5. The Morgan fingerprint density at radius 1 is 1.18 bits per heavy atom. The van der Waals surface area contributed by atoms with Crippen molar-refractivity contribution in [2.75, 3.05) is 45.1 Å². The van der Waals surface area contributed by atoms with Crippen molar-refractivity contribution in [3.63, 3.8) is 0 Å². The van der Waals surface area contributed by atoms with E-state index in [0.29, 0.717) is 18.7 Å². The van der Waals surface area contributed by atoms with Crippen LogP contribution >= 0.6 is 11.6 Å². The molecule has 0 atom stereocenters. The van der Waals surface area contributed by atoms with Crippen molar-refractivity contribution >= 4 is 33.2 Å². The van der Waals surface area contributed by atoms with E-state index in [1.807, 2.05) is 7.05 Å². The Labute approximate surface area is 169 Å². The highest BCUT2D eigenvalue weighted by atomic mass is 35.5. The van der Waals surface area contributed by atoms with Crippen LogP contribution in [0.1, 0.15) is 10.4 Å². The number of sulfonamides is 1. The van der Waals surface area contributed by atoms with Crippen LogP contribution in [-0.4, -0.2) is 69.4 Å². The SMILES string of the molecule is COc1ccc(Cl)cc1S(=O)(=O)Nc1cncc(C(=O)N2CCN(C)CC2)c1. The Morgan fingerprint density at radius 3 is 2.57 bits per heavy atom. The minimum Gasteiger partial charge on any atom is -0.495 e. The van der Waals surface area contributed by atoms with Crippen molar-refractivity contribution in [2.24, 2.45) is 0 Å². The molecule has 1 amide bonds. The van der Waals surface area contributed by atoms with Gasteiger partial charge in [-0.1, -0.05) is 11.6 Å². The van der Waals surface area contributed by atoms with Crippen molar-refractivity contribution in [1.82, 2.24) is 14.8 Å². The third-order valence-electron chi connectivity index (χ3n) is 4.44. The molecule has 1 N–H and O–H groups in total. The predicted molar refractivity (Wildman–Crippen MR) is 106 cm³/mol. The van der Waals surface area contributed by atoms with Gasteiger partial charge in [0.1, 0.15) is 10.6 Å². The fourth-order valence-electron chi connectivity index (χ4n) is 2.88. The number of methoxy groups -OCH3 is 1. The highest BCUT2D eigenvalue weighted by molar-refractivity contribution is 7.92. The molecular formula is C18H21ClN4O4S. The molecule has 8 nitrogen and oxygen atoms in total. The van der Waals surface area contributed by atoms with Crippen LogP contribution in [-0.2, 0) is 10.0 Å². The molecule has 0 aliphatic carbocycles. The number of pyridine rings is 1. The smallest absolute Gasteiger partial charge is 0.265 e. The topological polar surface area (TPSA) is 91.8 Å². The molecule has 1 saturated heterocycles. The lowest BCUT2D eigenvalue weighted by atomic mass is 10.2. The van der Waals surface area contributed by atoms with Gasteiger partial charge in [0.2, 0.25) is 0 Å². The van der Waals surface area contributed by atoms with Crippen LogP contribution in [0.2, 0.25) is 5.02 Å². The highest BCUT2D eigenvalue weighted by Crippen LogP contribution is 2.28. The predicted octanol–water partition coefficient (Wildman–Crippen LogP) is 1.93. The summed E-state index contributed by atoms with van der Waals surface area (Å²) in [6.45, 7) is 2.82. The molecule has 10 heteroatoms. The van der Waals surface area contributed by atoms with Gasteiger partial charge in [0.25, 0.3) is 15.9 Å². The van der Waals surface area contributed by atoms with E-state index in [1.165, 1.54) is 43.8 Å². The van der Waals surface area contributed by atoms with Crippen LogP contribution in [0.25, 0.3) is 0 Å². The van der Waals surface area contributed by atoms with Gasteiger partial charge in [-0.2, -0.15) is 0 Å². The number of benzene rings is 1. The molecule has 150 valence electrons. The van der Waals surface area contributed by atoms with Crippen molar-refractivity contribution in [3.05, 3.63) is 47.2 Å². The van der Waals surface area contributed by atoms with Crippen LogP contribution in [0, 0.1) is 0 Å². The summed E-state index contributed by atoms with van der Waals surface area (Å²) >= 11 is 5.93. The summed E-state index contributed by atoms with van der Waals surface area (Å²) < 4.78 is 33.1. The molecule has 0 radical (unpaired) electrons. The molecule has 1 aliphatic heterocycles. The first-order valence-electron chi connectivity index (χ1n) is 8.59. The number of nitrogens with zero attached hydrogens (tertiary/aromatic N) is 3. The van der Waals surface area contributed by atoms with Crippen molar-refractivity contribution < 1.29 is 17.9 Å². The number of ether oxygens (including phenoxy) is 1. The lowest BCUT2D eigenvalue weighted by Crippen LogP contribution is -2.47. The third kappa shape index (κ3) is 4.54. The zero-order chi connectivity index (χ0) is 20.3. The fraction of sp³-hybridized carbons (Fsp3) is 0.333. The van der Waals surface area contributed by atoms with Crippen LogP contribution in [0.5, 0.6) is 5.75 Å². The van der Waals surface area contributed by atoms with E-state index in [1.54, 1.807) is 4.90 Å². The Bertz CT molecular complexity index is 975. The maximum Gasteiger partial charge on any atom is 0.265 e. The Balaban J connectivity index is 1.83. The summed E-state index contributed by atoms with van der Waals surface area (Å²) in [5.74, 6) is -0.0171. The van der Waals surface area contributed by atoms with Gasteiger partial charge in [0.15, 0.2) is 0 Å². The lowest BCUT2D eigenvalue weighted by Gasteiger charge is -2.32. The van der Waals surface area contributed by atoms with Crippen molar-refractivity contribution in [2.45, 2.75) is 4.90 Å². The van der Waals surface area contributed by atoms with Crippen LogP contribution in [0.4, 0.5) is 5.69 Å². The van der Waals surface area contributed by atoms with E-state index < -0.39 is 10.0 Å². The number of aromatic nitrogens is 1. The standard InChI is InChI=1S/C18H21ClN4O4S/c1-22-5-7-23(8-6-22)18(24)13-9-15(12-20-11-13)21-28(25,26)17-10-14(19)3-4-16(17)27-2/h3-4,9-12,21H,5-8H2,1-2H3. The largest absolute Gasteiger partial charge is 0.495 e. The second-order valence-corrected chi connectivity index (χ2v) is 8.55. The molecule has 1 fully saturated rings. The number of nitrogens with one attached hydrogen (secondary N) is 1. The van der Waals surface area contributed by atoms with Crippen LogP contribution in [0.3, 0.4) is 0 Å². The number of likely N-dealkylation sites (N-methyl/N-ethyl adjacent to an activating group) is 1. The van der Waals surface area contributed by atoms with Gasteiger partial charge in [-0.15, -0.1) is 0 Å². The number of piperazine rings is 1. The molecule has 0 spiro atoms. The minimum absolute atomic E-state index is 0.0988. The second kappa shape index (κ2) is 8.34. The van der Waals surface area contributed by atoms with Gasteiger partial charge < -0.3 is 14.5 Å². The molecular weight excluding hydrogens is 404 g/mol. The maximum absolute atomic E-state index is 12.8. The second-order valence-electron chi connectivity index (χ2n) is 6.46.